The second-order valence-corrected chi connectivity index (χ2v) is 4.09. The van der Waals surface area contributed by atoms with Crippen LogP contribution in [0.5, 0.6) is 0 Å². The van der Waals surface area contributed by atoms with Crippen molar-refractivity contribution in [2.45, 2.75) is 13.3 Å². The summed E-state index contributed by atoms with van der Waals surface area (Å²) in [6.45, 7) is 1.63. The van der Waals surface area contributed by atoms with Crippen molar-refractivity contribution < 1.29 is 8.78 Å². The average Bonchev–Trinajstić information content (AvgIpc) is 2.36. The summed E-state index contributed by atoms with van der Waals surface area (Å²) in [6.07, 6.45) is 0.181. The number of aryl methyl sites for hydroxylation is 1. The Kier molecular flexibility index (Phi) is 3.38. The molecule has 0 spiro atoms. The lowest BCUT2D eigenvalue weighted by Gasteiger charge is -2.08. The van der Waals surface area contributed by atoms with E-state index >= 15 is 0 Å². The molecule has 0 aliphatic heterocycles. The van der Waals surface area contributed by atoms with Gasteiger partial charge in [0.2, 0.25) is 0 Å². The van der Waals surface area contributed by atoms with E-state index in [0.717, 1.165) is 0 Å². The molecule has 2 aromatic rings. The Labute approximate surface area is 104 Å². The van der Waals surface area contributed by atoms with Gasteiger partial charge < -0.3 is 0 Å². The van der Waals surface area contributed by atoms with Gasteiger partial charge in [-0.1, -0.05) is 24.3 Å². The molecule has 0 radical (unpaired) electrons. The van der Waals surface area contributed by atoms with Crippen molar-refractivity contribution in [2.24, 2.45) is 0 Å². The van der Waals surface area contributed by atoms with Crippen molar-refractivity contribution in [1.29, 1.82) is 5.26 Å². The molecule has 0 amide bonds. The molecular formula is C15H11F2N. The highest BCUT2D eigenvalue weighted by molar-refractivity contribution is 5.66. The molecule has 18 heavy (non-hydrogen) atoms. The molecule has 2 rings (SSSR count). The fourth-order valence-electron chi connectivity index (χ4n) is 1.84. The van der Waals surface area contributed by atoms with Crippen LogP contribution in [-0.2, 0) is 6.42 Å². The Balaban J connectivity index is 2.60. The SMILES string of the molecule is Cc1cccc(-c2cc(CC#N)ccc2F)c1F. The highest BCUT2D eigenvalue weighted by atomic mass is 19.1. The monoisotopic (exact) mass is 243 g/mol. The molecule has 0 heterocycles. The Hall–Kier alpha value is -2.21. The van der Waals surface area contributed by atoms with Crippen LogP contribution in [0.25, 0.3) is 11.1 Å². The molecule has 0 fully saturated rings. The summed E-state index contributed by atoms with van der Waals surface area (Å²) in [6, 6.07) is 11.2. The predicted octanol–water partition coefficient (Wildman–Crippen LogP) is 4.01. The van der Waals surface area contributed by atoms with Gasteiger partial charge in [0.05, 0.1) is 12.5 Å². The van der Waals surface area contributed by atoms with Gasteiger partial charge in [-0.15, -0.1) is 0 Å². The Morgan fingerprint density at radius 1 is 1.11 bits per heavy atom. The van der Waals surface area contributed by atoms with E-state index in [1.54, 1.807) is 19.1 Å². The van der Waals surface area contributed by atoms with E-state index in [4.69, 9.17) is 5.26 Å². The van der Waals surface area contributed by atoms with Crippen molar-refractivity contribution in [3.8, 4) is 17.2 Å². The first-order valence-corrected chi connectivity index (χ1v) is 5.54. The summed E-state index contributed by atoms with van der Waals surface area (Å²) < 4.78 is 27.7. The fraction of sp³-hybridized carbons (Fsp3) is 0.133. The number of benzene rings is 2. The highest BCUT2D eigenvalue weighted by Crippen LogP contribution is 2.28. The van der Waals surface area contributed by atoms with Crippen LogP contribution in [-0.4, -0.2) is 0 Å². The number of halogens is 2. The van der Waals surface area contributed by atoms with Crippen LogP contribution < -0.4 is 0 Å². The van der Waals surface area contributed by atoms with Gasteiger partial charge in [0.25, 0.3) is 0 Å². The fourth-order valence-corrected chi connectivity index (χ4v) is 1.84. The van der Waals surface area contributed by atoms with Crippen LogP contribution in [0.2, 0.25) is 0 Å². The summed E-state index contributed by atoms with van der Waals surface area (Å²) in [5.41, 5.74) is 1.57. The van der Waals surface area contributed by atoms with Crippen LogP contribution in [0.3, 0.4) is 0 Å². The van der Waals surface area contributed by atoms with Crippen molar-refractivity contribution in [3.05, 3.63) is 59.2 Å². The number of nitriles is 1. The van der Waals surface area contributed by atoms with Gasteiger partial charge in [-0.2, -0.15) is 5.26 Å². The van der Waals surface area contributed by atoms with Crippen LogP contribution in [0.1, 0.15) is 11.1 Å². The zero-order chi connectivity index (χ0) is 13.1. The van der Waals surface area contributed by atoms with Crippen molar-refractivity contribution in [2.75, 3.05) is 0 Å². The molecular weight excluding hydrogens is 232 g/mol. The number of rotatable bonds is 2. The molecule has 2 aromatic carbocycles. The standard InChI is InChI=1S/C15H11F2N/c1-10-3-2-4-12(15(10)17)13-9-11(7-8-18)5-6-14(13)16/h2-6,9H,7H2,1H3. The van der Waals surface area contributed by atoms with Crippen LogP contribution in [0.4, 0.5) is 8.78 Å². The molecule has 0 aromatic heterocycles. The second-order valence-electron chi connectivity index (χ2n) is 4.09. The van der Waals surface area contributed by atoms with Gasteiger partial charge in [-0.25, -0.2) is 8.78 Å². The van der Waals surface area contributed by atoms with E-state index < -0.39 is 11.6 Å². The topological polar surface area (TPSA) is 23.8 Å². The van der Waals surface area contributed by atoms with Crippen molar-refractivity contribution >= 4 is 0 Å². The van der Waals surface area contributed by atoms with E-state index in [1.165, 1.54) is 24.3 Å². The minimum Gasteiger partial charge on any atom is -0.206 e. The molecule has 0 unspecified atom stereocenters. The summed E-state index contributed by atoms with van der Waals surface area (Å²) in [5.74, 6) is -0.910. The molecule has 3 heteroatoms. The third kappa shape index (κ3) is 2.23. The second kappa shape index (κ2) is 4.97. The minimum atomic E-state index is -0.485. The molecule has 0 aliphatic carbocycles. The van der Waals surface area contributed by atoms with E-state index in [-0.39, 0.29) is 17.5 Å². The van der Waals surface area contributed by atoms with Gasteiger partial charge >= 0.3 is 0 Å². The van der Waals surface area contributed by atoms with Gasteiger partial charge in [0.15, 0.2) is 0 Å². The molecule has 0 aliphatic rings. The van der Waals surface area contributed by atoms with E-state index in [0.29, 0.717) is 11.1 Å². The first-order chi connectivity index (χ1) is 8.63. The maximum absolute atomic E-state index is 14.0. The Morgan fingerprint density at radius 3 is 2.61 bits per heavy atom. The molecule has 0 bridgehead atoms. The lowest BCUT2D eigenvalue weighted by Crippen LogP contribution is -1.93. The predicted molar refractivity (Wildman–Crippen MR) is 65.8 cm³/mol. The number of hydrogen-bond acceptors (Lipinski definition) is 1. The first-order valence-electron chi connectivity index (χ1n) is 5.54. The molecule has 0 atom stereocenters. The van der Waals surface area contributed by atoms with Gasteiger partial charge in [-0.3, -0.25) is 0 Å². The minimum absolute atomic E-state index is 0.181. The summed E-state index contributed by atoms with van der Waals surface area (Å²) in [4.78, 5) is 0. The number of hydrogen-bond donors (Lipinski definition) is 0. The normalized spacial score (nSPS) is 10.1. The first kappa shape index (κ1) is 12.3. The Morgan fingerprint density at radius 2 is 1.89 bits per heavy atom. The summed E-state index contributed by atoms with van der Waals surface area (Å²) in [7, 11) is 0. The molecule has 0 saturated heterocycles. The lowest BCUT2D eigenvalue weighted by atomic mass is 9.99. The summed E-state index contributed by atoms with van der Waals surface area (Å²) >= 11 is 0. The Bertz CT molecular complexity index is 627. The summed E-state index contributed by atoms with van der Waals surface area (Å²) in [5, 5.41) is 8.63. The average molecular weight is 243 g/mol. The zero-order valence-electron chi connectivity index (χ0n) is 9.87. The molecule has 90 valence electrons. The molecule has 0 saturated carbocycles. The third-order valence-electron chi connectivity index (χ3n) is 2.80. The van der Waals surface area contributed by atoms with E-state index in [9.17, 15) is 8.78 Å². The largest absolute Gasteiger partial charge is 0.206 e. The van der Waals surface area contributed by atoms with E-state index in [1.807, 2.05) is 6.07 Å². The maximum atomic E-state index is 14.0. The highest BCUT2D eigenvalue weighted by Gasteiger charge is 2.12. The number of nitrogens with zero attached hydrogens (tertiary/aromatic N) is 1. The quantitative estimate of drug-likeness (QED) is 0.781. The van der Waals surface area contributed by atoms with Crippen LogP contribution >= 0.6 is 0 Å². The zero-order valence-corrected chi connectivity index (χ0v) is 9.87. The van der Waals surface area contributed by atoms with Crippen molar-refractivity contribution in [1.82, 2.24) is 0 Å². The van der Waals surface area contributed by atoms with Crippen LogP contribution in [0.15, 0.2) is 36.4 Å². The van der Waals surface area contributed by atoms with Crippen molar-refractivity contribution in [3.63, 3.8) is 0 Å². The van der Waals surface area contributed by atoms with Gasteiger partial charge in [-0.05, 0) is 30.2 Å². The van der Waals surface area contributed by atoms with Crippen LogP contribution in [0, 0.1) is 29.9 Å². The lowest BCUT2D eigenvalue weighted by molar-refractivity contribution is 0.611. The van der Waals surface area contributed by atoms with E-state index in [2.05, 4.69) is 0 Å². The van der Waals surface area contributed by atoms with Gasteiger partial charge in [0, 0.05) is 11.1 Å². The molecule has 0 N–H and O–H groups in total. The van der Waals surface area contributed by atoms with Gasteiger partial charge in [0.1, 0.15) is 11.6 Å². The molecule has 1 nitrogen and oxygen atoms in total. The third-order valence-corrected chi connectivity index (χ3v) is 2.80. The smallest absolute Gasteiger partial charge is 0.134 e. The maximum Gasteiger partial charge on any atom is 0.134 e.